The summed E-state index contributed by atoms with van der Waals surface area (Å²) in [6, 6.07) is -0.0834. The van der Waals surface area contributed by atoms with E-state index in [4.69, 9.17) is 5.73 Å². The highest BCUT2D eigenvalue weighted by Crippen LogP contribution is 2.08. The quantitative estimate of drug-likeness (QED) is 0.592. The molecule has 0 fully saturated rings. The summed E-state index contributed by atoms with van der Waals surface area (Å²) in [6.45, 7) is 3.65. The SMILES string of the molecule is CC(C)n1c(=O)[nH]c2c(=O)[nH]c(N)nc21. The molecular weight excluding hydrogens is 198 g/mol. The van der Waals surface area contributed by atoms with E-state index in [1.165, 1.54) is 4.57 Å². The zero-order chi connectivity index (χ0) is 11.2. The van der Waals surface area contributed by atoms with Crippen LogP contribution in [0, 0.1) is 0 Å². The molecule has 2 aromatic rings. The number of anilines is 1. The van der Waals surface area contributed by atoms with Crippen LogP contribution < -0.4 is 17.0 Å². The van der Waals surface area contributed by atoms with Crippen LogP contribution in [0.1, 0.15) is 19.9 Å². The Kier molecular flexibility index (Phi) is 1.88. The molecule has 15 heavy (non-hydrogen) atoms. The van der Waals surface area contributed by atoms with E-state index in [0.29, 0.717) is 0 Å². The number of aromatic amines is 2. The second-order valence-corrected chi connectivity index (χ2v) is 3.54. The average Bonchev–Trinajstić information content (AvgIpc) is 2.41. The maximum Gasteiger partial charge on any atom is 0.328 e. The standard InChI is InChI=1S/C8H11N5O2/c1-3(2)13-5-4(10-8(13)15)6(14)12-7(9)11-5/h3H,1-2H3,(H,10,15)(H3,9,11,12,14). The molecule has 2 aromatic heterocycles. The van der Waals surface area contributed by atoms with Crippen LogP contribution in [0.15, 0.2) is 9.59 Å². The van der Waals surface area contributed by atoms with Crippen molar-refractivity contribution in [3.63, 3.8) is 0 Å². The van der Waals surface area contributed by atoms with Crippen LogP contribution in [-0.4, -0.2) is 19.5 Å². The fourth-order valence-electron chi connectivity index (χ4n) is 1.51. The van der Waals surface area contributed by atoms with Gasteiger partial charge in [0, 0.05) is 6.04 Å². The number of hydrogen-bond acceptors (Lipinski definition) is 4. The molecule has 0 aliphatic rings. The lowest BCUT2D eigenvalue weighted by Gasteiger charge is -2.05. The fourth-order valence-corrected chi connectivity index (χ4v) is 1.51. The molecule has 0 bridgehead atoms. The molecule has 0 saturated heterocycles. The first-order chi connectivity index (χ1) is 7.00. The molecule has 0 saturated carbocycles. The molecule has 0 aromatic carbocycles. The third-order valence-corrected chi connectivity index (χ3v) is 2.11. The van der Waals surface area contributed by atoms with Gasteiger partial charge in [0.15, 0.2) is 11.2 Å². The molecule has 0 aliphatic carbocycles. The Morgan fingerprint density at radius 2 is 2.00 bits per heavy atom. The number of imidazole rings is 1. The normalized spacial score (nSPS) is 11.4. The molecule has 2 heterocycles. The molecule has 0 radical (unpaired) electrons. The van der Waals surface area contributed by atoms with Gasteiger partial charge in [-0.25, -0.2) is 4.79 Å². The summed E-state index contributed by atoms with van der Waals surface area (Å²) in [5, 5.41) is 0. The summed E-state index contributed by atoms with van der Waals surface area (Å²) >= 11 is 0. The summed E-state index contributed by atoms with van der Waals surface area (Å²) < 4.78 is 1.39. The van der Waals surface area contributed by atoms with Gasteiger partial charge >= 0.3 is 5.69 Å². The molecule has 0 spiro atoms. The number of H-pyrrole nitrogens is 2. The fraction of sp³-hybridized carbons (Fsp3) is 0.375. The van der Waals surface area contributed by atoms with E-state index < -0.39 is 5.56 Å². The average molecular weight is 209 g/mol. The van der Waals surface area contributed by atoms with E-state index in [1.54, 1.807) is 0 Å². The number of nitrogens with one attached hydrogen (secondary N) is 2. The minimum absolute atomic E-state index is 0.000833. The topological polar surface area (TPSA) is 110 Å². The van der Waals surface area contributed by atoms with E-state index in [-0.39, 0.29) is 28.8 Å². The van der Waals surface area contributed by atoms with Crippen LogP contribution in [0.4, 0.5) is 5.95 Å². The summed E-state index contributed by atoms with van der Waals surface area (Å²) in [7, 11) is 0. The van der Waals surface area contributed by atoms with Crippen molar-refractivity contribution in [2.45, 2.75) is 19.9 Å². The zero-order valence-corrected chi connectivity index (χ0v) is 8.37. The van der Waals surface area contributed by atoms with Crippen LogP contribution >= 0.6 is 0 Å². The van der Waals surface area contributed by atoms with E-state index >= 15 is 0 Å². The second-order valence-electron chi connectivity index (χ2n) is 3.54. The van der Waals surface area contributed by atoms with Crippen molar-refractivity contribution >= 4 is 17.1 Å². The predicted molar refractivity (Wildman–Crippen MR) is 55.8 cm³/mol. The number of nitrogens with two attached hydrogens (primary N) is 1. The Morgan fingerprint density at radius 3 is 2.60 bits per heavy atom. The van der Waals surface area contributed by atoms with Crippen molar-refractivity contribution < 1.29 is 0 Å². The smallest absolute Gasteiger partial charge is 0.328 e. The van der Waals surface area contributed by atoms with Crippen molar-refractivity contribution in [2.24, 2.45) is 0 Å². The lowest BCUT2D eigenvalue weighted by molar-refractivity contribution is 0.593. The molecule has 4 N–H and O–H groups in total. The number of nitrogen functional groups attached to an aromatic ring is 1. The van der Waals surface area contributed by atoms with Crippen LogP contribution in [0.2, 0.25) is 0 Å². The zero-order valence-electron chi connectivity index (χ0n) is 8.37. The number of hydrogen-bond donors (Lipinski definition) is 3. The summed E-state index contributed by atoms with van der Waals surface area (Å²) in [5.74, 6) is 0.000833. The Morgan fingerprint density at radius 1 is 1.33 bits per heavy atom. The van der Waals surface area contributed by atoms with Crippen molar-refractivity contribution in [1.29, 1.82) is 0 Å². The first-order valence-electron chi connectivity index (χ1n) is 4.50. The van der Waals surface area contributed by atoms with E-state index in [2.05, 4.69) is 15.0 Å². The molecular formula is C8H11N5O2. The van der Waals surface area contributed by atoms with Gasteiger partial charge in [-0.15, -0.1) is 0 Å². The first kappa shape index (κ1) is 9.50. The highest BCUT2D eigenvalue weighted by molar-refractivity contribution is 5.70. The molecule has 0 amide bonds. The Bertz CT molecular complexity index is 618. The van der Waals surface area contributed by atoms with E-state index in [0.717, 1.165) is 0 Å². The monoisotopic (exact) mass is 209 g/mol. The highest BCUT2D eigenvalue weighted by Gasteiger charge is 2.13. The molecule has 7 heteroatoms. The van der Waals surface area contributed by atoms with Crippen LogP contribution in [0.3, 0.4) is 0 Å². The lowest BCUT2D eigenvalue weighted by atomic mass is 10.4. The Labute approximate surface area is 83.9 Å². The highest BCUT2D eigenvalue weighted by atomic mass is 16.2. The second kappa shape index (κ2) is 2.97. The molecule has 2 rings (SSSR count). The first-order valence-corrected chi connectivity index (χ1v) is 4.50. The van der Waals surface area contributed by atoms with Gasteiger partial charge in [-0.3, -0.25) is 19.3 Å². The number of aromatic nitrogens is 4. The number of fused-ring (bicyclic) bond motifs is 1. The number of nitrogens with zero attached hydrogens (tertiary/aromatic N) is 2. The van der Waals surface area contributed by atoms with Crippen LogP contribution in [0.25, 0.3) is 11.2 Å². The minimum atomic E-state index is -0.436. The van der Waals surface area contributed by atoms with Gasteiger partial charge < -0.3 is 5.73 Å². The van der Waals surface area contributed by atoms with Crippen molar-refractivity contribution in [1.82, 2.24) is 19.5 Å². The Balaban J connectivity index is 3.00. The van der Waals surface area contributed by atoms with Crippen molar-refractivity contribution in [3.05, 3.63) is 20.8 Å². The van der Waals surface area contributed by atoms with Crippen LogP contribution in [-0.2, 0) is 0 Å². The van der Waals surface area contributed by atoms with Crippen LogP contribution in [0.5, 0.6) is 0 Å². The summed E-state index contributed by atoms with van der Waals surface area (Å²) in [6.07, 6.45) is 0. The maximum absolute atomic E-state index is 11.5. The van der Waals surface area contributed by atoms with Gasteiger partial charge in [0.05, 0.1) is 0 Å². The van der Waals surface area contributed by atoms with Gasteiger partial charge in [0.2, 0.25) is 5.95 Å². The van der Waals surface area contributed by atoms with E-state index in [9.17, 15) is 9.59 Å². The molecule has 80 valence electrons. The molecule has 0 atom stereocenters. The van der Waals surface area contributed by atoms with Gasteiger partial charge in [-0.05, 0) is 13.8 Å². The maximum atomic E-state index is 11.5. The Hall–Kier alpha value is -2.05. The van der Waals surface area contributed by atoms with Gasteiger partial charge in [0.25, 0.3) is 5.56 Å². The summed E-state index contributed by atoms with van der Waals surface area (Å²) in [4.78, 5) is 31.6. The van der Waals surface area contributed by atoms with Crippen molar-refractivity contribution in [2.75, 3.05) is 5.73 Å². The summed E-state index contributed by atoms with van der Waals surface area (Å²) in [5.41, 5.74) is 5.06. The third kappa shape index (κ3) is 1.32. The van der Waals surface area contributed by atoms with Gasteiger partial charge in [-0.1, -0.05) is 0 Å². The predicted octanol–water partition coefficient (Wildman–Crippen LogP) is -0.424. The van der Waals surface area contributed by atoms with Crippen molar-refractivity contribution in [3.8, 4) is 0 Å². The third-order valence-electron chi connectivity index (χ3n) is 2.11. The molecule has 7 nitrogen and oxygen atoms in total. The molecule has 0 aliphatic heterocycles. The lowest BCUT2D eigenvalue weighted by Crippen LogP contribution is -2.19. The van der Waals surface area contributed by atoms with Gasteiger partial charge in [0.1, 0.15) is 0 Å². The minimum Gasteiger partial charge on any atom is -0.369 e. The largest absolute Gasteiger partial charge is 0.369 e. The number of rotatable bonds is 1. The molecule has 0 unspecified atom stereocenters. The van der Waals surface area contributed by atoms with E-state index in [1.807, 2.05) is 13.8 Å². The van der Waals surface area contributed by atoms with Gasteiger partial charge in [-0.2, -0.15) is 4.98 Å².